The first-order valence-electron chi connectivity index (χ1n) is 8.47. The summed E-state index contributed by atoms with van der Waals surface area (Å²) in [4.78, 5) is 27.4. The molecule has 8 heteroatoms. The molecular weight excluding hydrogens is 320 g/mol. The van der Waals surface area contributed by atoms with Gasteiger partial charge in [-0.25, -0.2) is 4.98 Å². The molecule has 8 nitrogen and oxygen atoms in total. The molecule has 0 spiro atoms. The number of carbonyl (C=O) groups is 1. The number of nitrogens with zero attached hydrogens (tertiary/aromatic N) is 6. The molecule has 1 amide bonds. The van der Waals surface area contributed by atoms with E-state index in [1.54, 1.807) is 13.1 Å². The van der Waals surface area contributed by atoms with Crippen LogP contribution in [0.2, 0.25) is 0 Å². The molecule has 0 aliphatic carbocycles. The van der Waals surface area contributed by atoms with E-state index >= 15 is 0 Å². The summed E-state index contributed by atoms with van der Waals surface area (Å²) in [6, 6.07) is 3.71. The van der Waals surface area contributed by atoms with Gasteiger partial charge in [0.2, 0.25) is 5.89 Å². The highest BCUT2D eigenvalue weighted by atomic mass is 16.5. The van der Waals surface area contributed by atoms with Gasteiger partial charge in [-0.2, -0.15) is 4.98 Å². The standard InChI is InChI=1S/C17H24N6O2/c1-13-19-15(20-25-13)12-22-7-4-8-23(10-9-22)17(24)14-5-6-16(18-11-14)21(2)3/h5-6,11H,4,7-10,12H2,1-3H3. The number of rotatable bonds is 4. The molecular formula is C17H24N6O2. The summed E-state index contributed by atoms with van der Waals surface area (Å²) in [7, 11) is 3.86. The predicted octanol–water partition coefficient (Wildman–Crippen LogP) is 1.19. The van der Waals surface area contributed by atoms with Crippen molar-refractivity contribution in [1.29, 1.82) is 0 Å². The molecule has 1 saturated heterocycles. The zero-order valence-corrected chi connectivity index (χ0v) is 15.0. The lowest BCUT2D eigenvalue weighted by Crippen LogP contribution is -2.35. The van der Waals surface area contributed by atoms with Crippen molar-refractivity contribution in [3.63, 3.8) is 0 Å². The molecule has 0 atom stereocenters. The second kappa shape index (κ2) is 7.60. The van der Waals surface area contributed by atoms with Crippen LogP contribution in [0.15, 0.2) is 22.9 Å². The maximum atomic E-state index is 12.7. The van der Waals surface area contributed by atoms with Crippen molar-refractivity contribution in [1.82, 2.24) is 24.9 Å². The SMILES string of the molecule is Cc1nc(CN2CCCN(C(=O)c3ccc(N(C)C)nc3)CC2)no1. The smallest absolute Gasteiger partial charge is 0.255 e. The summed E-state index contributed by atoms with van der Waals surface area (Å²) in [5.41, 5.74) is 0.632. The van der Waals surface area contributed by atoms with Crippen LogP contribution in [0.5, 0.6) is 0 Å². The van der Waals surface area contributed by atoms with Crippen molar-refractivity contribution in [3.05, 3.63) is 35.6 Å². The Labute approximate surface area is 147 Å². The molecule has 0 radical (unpaired) electrons. The Morgan fingerprint density at radius 1 is 1.24 bits per heavy atom. The average molecular weight is 344 g/mol. The van der Waals surface area contributed by atoms with Gasteiger partial charge in [0.15, 0.2) is 5.82 Å². The largest absolute Gasteiger partial charge is 0.363 e. The number of anilines is 1. The fourth-order valence-corrected chi connectivity index (χ4v) is 2.90. The fraction of sp³-hybridized carbons (Fsp3) is 0.529. The Morgan fingerprint density at radius 2 is 2.08 bits per heavy atom. The normalized spacial score (nSPS) is 15.9. The molecule has 0 N–H and O–H groups in total. The summed E-state index contributed by atoms with van der Waals surface area (Å²) in [6.45, 7) is 5.58. The minimum absolute atomic E-state index is 0.0371. The number of aryl methyl sites for hydroxylation is 1. The molecule has 3 rings (SSSR count). The number of carbonyl (C=O) groups excluding carboxylic acids is 1. The lowest BCUT2D eigenvalue weighted by atomic mass is 10.2. The minimum atomic E-state index is 0.0371. The highest BCUT2D eigenvalue weighted by Crippen LogP contribution is 2.13. The van der Waals surface area contributed by atoms with Gasteiger partial charge in [-0.05, 0) is 18.6 Å². The molecule has 0 saturated carbocycles. The summed E-state index contributed by atoms with van der Waals surface area (Å²) < 4.78 is 5.02. The number of aromatic nitrogens is 3. The van der Waals surface area contributed by atoms with E-state index in [9.17, 15) is 4.79 Å². The quantitative estimate of drug-likeness (QED) is 0.824. The first-order chi connectivity index (χ1) is 12.0. The van der Waals surface area contributed by atoms with Crippen LogP contribution in [-0.4, -0.2) is 71.1 Å². The molecule has 2 aromatic rings. The van der Waals surface area contributed by atoms with Gasteiger partial charge in [0.25, 0.3) is 5.91 Å². The summed E-state index contributed by atoms with van der Waals surface area (Å²) in [5, 5.41) is 3.94. The van der Waals surface area contributed by atoms with E-state index in [-0.39, 0.29) is 5.91 Å². The lowest BCUT2D eigenvalue weighted by Gasteiger charge is -2.21. The van der Waals surface area contributed by atoms with Gasteiger partial charge in [0.1, 0.15) is 5.82 Å². The van der Waals surface area contributed by atoms with E-state index < -0.39 is 0 Å². The van der Waals surface area contributed by atoms with Gasteiger partial charge < -0.3 is 14.3 Å². The Morgan fingerprint density at radius 3 is 2.72 bits per heavy atom. The van der Waals surface area contributed by atoms with E-state index in [1.807, 2.05) is 36.0 Å². The number of pyridine rings is 1. The first kappa shape index (κ1) is 17.3. The predicted molar refractivity (Wildman–Crippen MR) is 93.4 cm³/mol. The van der Waals surface area contributed by atoms with E-state index in [4.69, 9.17) is 4.52 Å². The molecule has 3 heterocycles. The van der Waals surface area contributed by atoms with Gasteiger partial charge in [-0.15, -0.1) is 0 Å². The van der Waals surface area contributed by atoms with Gasteiger partial charge in [0, 0.05) is 53.4 Å². The fourth-order valence-electron chi connectivity index (χ4n) is 2.90. The molecule has 1 fully saturated rings. The van der Waals surface area contributed by atoms with E-state index in [0.29, 0.717) is 30.4 Å². The van der Waals surface area contributed by atoms with Crippen LogP contribution in [-0.2, 0) is 6.54 Å². The second-order valence-electron chi connectivity index (χ2n) is 6.45. The Bertz CT molecular complexity index is 712. The lowest BCUT2D eigenvalue weighted by molar-refractivity contribution is 0.0760. The van der Waals surface area contributed by atoms with Crippen molar-refractivity contribution >= 4 is 11.7 Å². The van der Waals surface area contributed by atoms with E-state index in [0.717, 1.165) is 31.9 Å². The maximum Gasteiger partial charge on any atom is 0.255 e. The van der Waals surface area contributed by atoms with Gasteiger partial charge in [-0.1, -0.05) is 5.16 Å². The van der Waals surface area contributed by atoms with Crippen LogP contribution in [0.4, 0.5) is 5.82 Å². The maximum absolute atomic E-state index is 12.7. The Balaban J connectivity index is 1.59. The first-order valence-corrected chi connectivity index (χ1v) is 8.47. The van der Waals surface area contributed by atoms with Crippen molar-refractivity contribution in [3.8, 4) is 0 Å². The van der Waals surface area contributed by atoms with Crippen LogP contribution in [0.1, 0.15) is 28.5 Å². The van der Waals surface area contributed by atoms with Crippen LogP contribution < -0.4 is 4.90 Å². The van der Waals surface area contributed by atoms with Gasteiger partial charge >= 0.3 is 0 Å². The van der Waals surface area contributed by atoms with Crippen LogP contribution in [0, 0.1) is 6.92 Å². The number of amides is 1. The Kier molecular flexibility index (Phi) is 5.28. The van der Waals surface area contributed by atoms with Crippen molar-refractivity contribution in [2.45, 2.75) is 19.9 Å². The van der Waals surface area contributed by atoms with E-state index in [2.05, 4.69) is 20.0 Å². The third kappa shape index (κ3) is 4.33. The molecule has 1 aliphatic rings. The average Bonchev–Trinajstić information content (AvgIpc) is 2.87. The van der Waals surface area contributed by atoms with Crippen LogP contribution >= 0.6 is 0 Å². The molecule has 25 heavy (non-hydrogen) atoms. The van der Waals surface area contributed by atoms with Crippen molar-refractivity contribution in [2.24, 2.45) is 0 Å². The molecule has 134 valence electrons. The molecule has 2 aromatic heterocycles. The molecule has 0 bridgehead atoms. The van der Waals surface area contributed by atoms with Crippen molar-refractivity contribution in [2.75, 3.05) is 45.2 Å². The highest BCUT2D eigenvalue weighted by Gasteiger charge is 2.21. The molecule has 1 aliphatic heterocycles. The van der Waals surface area contributed by atoms with Gasteiger partial charge in [-0.3, -0.25) is 9.69 Å². The second-order valence-corrected chi connectivity index (χ2v) is 6.45. The van der Waals surface area contributed by atoms with Crippen LogP contribution in [0.3, 0.4) is 0 Å². The monoisotopic (exact) mass is 344 g/mol. The minimum Gasteiger partial charge on any atom is -0.363 e. The van der Waals surface area contributed by atoms with Gasteiger partial charge in [0.05, 0.1) is 12.1 Å². The third-order valence-corrected chi connectivity index (χ3v) is 4.26. The third-order valence-electron chi connectivity index (χ3n) is 4.26. The zero-order valence-electron chi connectivity index (χ0n) is 15.0. The summed E-state index contributed by atoms with van der Waals surface area (Å²) in [5.74, 6) is 2.15. The topological polar surface area (TPSA) is 78.6 Å². The zero-order chi connectivity index (χ0) is 17.8. The number of hydrogen-bond donors (Lipinski definition) is 0. The van der Waals surface area contributed by atoms with Crippen LogP contribution in [0.25, 0.3) is 0 Å². The van der Waals surface area contributed by atoms with E-state index in [1.165, 1.54) is 0 Å². The Hall–Kier alpha value is -2.48. The molecule has 0 aromatic carbocycles. The molecule has 0 unspecified atom stereocenters. The highest BCUT2D eigenvalue weighted by molar-refractivity contribution is 5.94. The summed E-state index contributed by atoms with van der Waals surface area (Å²) >= 11 is 0. The number of hydrogen-bond acceptors (Lipinski definition) is 7. The summed E-state index contributed by atoms with van der Waals surface area (Å²) in [6.07, 6.45) is 2.58. The van der Waals surface area contributed by atoms with Crippen molar-refractivity contribution < 1.29 is 9.32 Å².